The van der Waals surface area contributed by atoms with Crippen molar-refractivity contribution in [3.05, 3.63) is 18.5 Å². The predicted molar refractivity (Wildman–Crippen MR) is 99.7 cm³/mol. The number of halogens is 2. The van der Waals surface area contributed by atoms with E-state index in [0.717, 1.165) is 50.6 Å². The summed E-state index contributed by atoms with van der Waals surface area (Å²) >= 11 is 0. The van der Waals surface area contributed by atoms with Gasteiger partial charge in [-0.1, -0.05) is 0 Å². The topological polar surface area (TPSA) is 78.7 Å². The van der Waals surface area contributed by atoms with Gasteiger partial charge in [-0.2, -0.15) is 4.52 Å². The molecule has 1 atom stereocenters. The monoisotopic (exact) mass is 387 g/mol. The first-order chi connectivity index (χ1) is 11.3. The van der Waals surface area contributed by atoms with Crippen molar-refractivity contribution in [1.29, 1.82) is 0 Å². The lowest BCUT2D eigenvalue weighted by atomic mass is 10.1. The molecule has 4 rings (SSSR count). The van der Waals surface area contributed by atoms with Gasteiger partial charge in [0, 0.05) is 38.6 Å². The molecule has 1 N–H and O–H groups in total. The Bertz CT molecular complexity index is 696. The van der Waals surface area contributed by atoms with Crippen molar-refractivity contribution < 1.29 is 4.79 Å². The Balaban J connectivity index is 0.00000113. The number of carbonyl (C=O) groups excluding carboxylic acids is 1. The van der Waals surface area contributed by atoms with Gasteiger partial charge in [0.15, 0.2) is 5.65 Å². The third-order valence-electron chi connectivity index (χ3n) is 4.69. The third-order valence-corrected chi connectivity index (χ3v) is 4.69. The molecule has 2 aliphatic rings. The Morgan fingerprint density at radius 1 is 1.20 bits per heavy atom. The van der Waals surface area contributed by atoms with Gasteiger partial charge in [0.2, 0.25) is 5.91 Å². The van der Waals surface area contributed by atoms with E-state index in [1.54, 1.807) is 10.8 Å². The summed E-state index contributed by atoms with van der Waals surface area (Å²) in [4.78, 5) is 16.6. The number of aromatic nitrogens is 4. The van der Waals surface area contributed by atoms with Crippen molar-refractivity contribution in [1.82, 2.24) is 30.0 Å². The zero-order valence-electron chi connectivity index (χ0n) is 13.9. The Hall–Kier alpha value is -1.64. The number of carbonyl (C=O) groups is 1. The highest BCUT2D eigenvalue weighted by Crippen LogP contribution is 2.16. The van der Waals surface area contributed by atoms with Gasteiger partial charge < -0.3 is 15.1 Å². The van der Waals surface area contributed by atoms with Crippen LogP contribution in [0.15, 0.2) is 18.5 Å². The average Bonchev–Trinajstić information content (AvgIpc) is 3.25. The smallest absolute Gasteiger partial charge is 0.224 e. The zero-order valence-corrected chi connectivity index (χ0v) is 15.5. The fourth-order valence-corrected chi connectivity index (χ4v) is 3.34. The lowest BCUT2D eigenvalue weighted by Crippen LogP contribution is -2.50. The number of fused-ring (bicyclic) bond motifs is 1. The van der Waals surface area contributed by atoms with Gasteiger partial charge in [0.25, 0.3) is 0 Å². The van der Waals surface area contributed by atoms with Gasteiger partial charge in [0.05, 0.1) is 0 Å². The maximum atomic E-state index is 12.4. The predicted octanol–water partition coefficient (Wildman–Crippen LogP) is 0.759. The minimum Gasteiger partial charge on any atom is -0.352 e. The molecule has 0 aliphatic carbocycles. The van der Waals surface area contributed by atoms with Crippen molar-refractivity contribution >= 4 is 42.2 Å². The molecule has 0 spiro atoms. The summed E-state index contributed by atoms with van der Waals surface area (Å²) in [6, 6.07) is 4.25. The van der Waals surface area contributed by atoms with Crippen LogP contribution in [0.4, 0.5) is 5.82 Å². The van der Waals surface area contributed by atoms with Crippen LogP contribution >= 0.6 is 24.8 Å². The van der Waals surface area contributed by atoms with E-state index >= 15 is 0 Å². The van der Waals surface area contributed by atoms with E-state index in [1.807, 2.05) is 17.0 Å². The molecule has 2 aromatic rings. The Kier molecular flexibility index (Phi) is 6.80. The standard InChI is InChI=1S/C15H21N7O.2ClH/c23-15(10-12-2-1-5-16-12)21-8-6-20(7-9-21)14-4-3-13-18-17-11-22(13)19-14;;/h3-4,11-12,16H,1-2,5-10H2;2*1H. The maximum absolute atomic E-state index is 12.4. The van der Waals surface area contributed by atoms with Crippen molar-refractivity contribution in [2.75, 3.05) is 37.6 Å². The highest BCUT2D eigenvalue weighted by atomic mass is 35.5. The molecular formula is C15H23Cl2N7O. The second-order valence-electron chi connectivity index (χ2n) is 6.19. The lowest BCUT2D eigenvalue weighted by Gasteiger charge is -2.35. The highest BCUT2D eigenvalue weighted by Gasteiger charge is 2.25. The molecule has 0 aromatic carbocycles. The van der Waals surface area contributed by atoms with E-state index in [-0.39, 0.29) is 30.7 Å². The van der Waals surface area contributed by atoms with Crippen molar-refractivity contribution in [2.45, 2.75) is 25.3 Å². The summed E-state index contributed by atoms with van der Waals surface area (Å²) in [6.07, 6.45) is 4.54. The first kappa shape index (κ1) is 19.7. The lowest BCUT2D eigenvalue weighted by molar-refractivity contribution is -0.131. The van der Waals surface area contributed by atoms with Crippen LogP contribution in [-0.4, -0.2) is 69.4 Å². The quantitative estimate of drug-likeness (QED) is 0.837. The number of anilines is 1. The average molecular weight is 388 g/mol. The van der Waals surface area contributed by atoms with Crippen LogP contribution in [-0.2, 0) is 4.79 Å². The molecule has 2 fully saturated rings. The van der Waals surface area contributed by atoms with Gasteiger partial charge in [0.1, 0.15) is 12.1 Å². The molecule has 10 heteroatoms. The molecule has 0 bridgehead atoms. The van der Waals surface area contributed by atoms with Gasteiger partial charge >= 0.3 is 0 Å². The second kappa shape index (κ2) is 8.64. The van der Waals surface area contributed by atoms with Crippen molar-refractivity contribution in [3.63, 3.8) is 0 Å². The minimum absolute atomic E-state index is 0. The summed E-state index contributed by atoms with van der Waals surface area (Å²) in [5.41, 5.74) is 0.742. The summed E-state index contributed by atoms with van der Waals surface area (Å²) in [5.74, 6) is 1.17. The van der Waals surface area contributed by atoms with Crippen LogP contribution in [0.2, 0.25) is 0 Å². The Morgan fingerprint density at radius 2 is 2.00 bits per heavy atom. The van der Waals surface area contributed by atoms with Gasteiger partial charge in [-0.3, -0.25) is 4.79 Å². The van der Waals surface area contributed by atoms with E-state index in [9.17, 15) is 4.79 Å². The largest absolute Gasteiger partial charge is 0.352 e. The molecule has 8 nitrogen and oxygen atoms in total. The molecule has 0 radical (unpaired) electrons. The number of amides is 1. The molecular weight excluding hydrogens is 365 g/mol. The van der Waals surface area contributed by atoms with Crippen LogP contribution in [0.1, 0.15) is 19.3 Å². The number of nitrogens with zero attached hydrogens (tertiary/aromatic N) is 6. The van der Waals surface area contributed by atoms with E-state index in [0.29, 0.717) is 12.5 Å². The minimum atomic E-state index is 0. The molecule has 1 unspecified atom stereocenters. The first-order valence-corrected chi connectivity index (χ1v) is 8.23. The number of rotatable bonds is 3. The first-order valence-electron chi connectivity index (χ1n) is 8.23. The van der Waals surface area contributed by atoms with Crippen LogP contribution in [0.25, 0.3) is 5.65 Å². The van der Waals surface area contributed by atoms with Gasteiger partial charge in [-0.25, -0.2) is 0 Å². The molecule has 2 aliphatic heterocycles. The molecule has 4 heterocycles. The number of nitrogens with one attached hydrogen (secondary N) is 1. The number of piperazine rings is 1. The van der Waals surface area contributed by atoms with Crippen molar-refractivity contribution in [2.24, 2.45) is 0 Å². The summed E-state index contributed by atoms with van der Waals surface area (Å²) in [7, 11) is 0. The fourth-order valence-electron chi connectivity index (χ4n) is 3.34. The molecule has 1 amide bonds. The second-order valence-corrected chi connectivity index (χ2v) is 6.19. The molecule has 138 valence electrons. The van der Waals surface area contributed by atoms with Crippen LogP contribution in [0.3, 0.4) is 0 Å². The number of hydrogen-bond donors (Lipinski definition) is 1. The van der Waals surface area contributed by atoms with E-state index < -0.39 is 0 Å². The molecule has 2 aromatic heterocycles. The summed E-state index contributed by atoms with van der Waals surface area (Å²) in [6.45, 7) is 4.18. The Labute approximate surface area is 158 Å². The van der Waals surface area contributed by atoms with Crippen LogP contribution in [0, 0.1) is 0 Å². The van der Waals surface area contributed by atoms with Gasteiger partial charge in [-0.15, -0.1) is 40.1 Å². The van der Waals surface area contributed by atoms with E-state index in [1.165, 1.54) is 6.42 Å². The van der Waals surface area contributed by atoms with Gasteiger partial charge in [-0.05, 0) is 31.5 Å². The van der Waals surface area contributed by atoms with Crippen molar-refractivity contribution in [3.8, 4) is 0 Å². The maximum Gasteiger partial charge on any atom is 0.224 e. The van der Waals surface area contributed by atoms with E-state index in [4.69, 9.17) is 0 Å². The zero-order chi connectivity index (χ0) is 15.6. The SMILES string of the molecule is Cl.Cl.O=C(CC1CCCN1)N1CCN(c2ccc3nncn3n2)CC1. The summed E-state index contributed by atoms with van der Waals surface area (Å²) < 4.78 is 1.68. The van der Waals surface area contributed by atoms with Crippen LogP contribution in [0.5, 0.6) is 0 Å². The molecule has 25 heavy (non-hydrogen) atoms. The summed E-state index contributed by atoms with van der Waals surface area (Å²) in [5, 5.41) is 15.7. The molecule has 2 saturated heterocycles. The van der Waals surface area contributed by atoms with Crippen LogP contribution < -0.4 is 10.2 Å². The normalized spacial score (nSPS) is 20.2. The highest BCUT2D eigenvalue weighted by molar-refractivity contribution is 5.85. The molecule has 0 saturated carbocycles. The number of hydrogen-bond acceptors (Lipinski definition) is 6. The van der Waals surface area contributed by atoms with E-state index in [2.05, 4.69) is 25.5 Å². The fraction of sp³-hybridized carbons (Fsp3) is 0.600. The third kappa shape index (κ3) is 4.31. The Morgan fingerprint density at radius 3 is 2.72 bits per heavy atom.